The number of rotatable bonds is 3. The van der Waals surface area contributed by atoms with Gasteiger partial charge in [-0.15, -0.1) is 0 Å². The number of ether oxygens (including phenoxy) is 1. The topological polar surface area (TPSA) is 67.4 Å². The van der Waals surface area contributed by atoms with Crippen LogP contribution in [0.1, 0.15) is 16.7 Å². The highest BCUT2D eigenvalue weighted by Crippen LogP contribution is 2.16. The van der Waals surface area contributed by atoms with E-state index in [0.717, 1.165) is 11.1 Å². The van der Waals surface area contributed by atoms with Gasteiger partial charge in [-0.1, -0.05) is 54.6 Å². The van der Waals surface area contributed by atoms with E-state index in [1.54, 1.807) is 0 Å². The van der Waals surface area contributed by atoms with Gasteiger partial charge in [0.2, 0.25) is 5.91 Å². The van der Waals surface area contributed by atoms with Crippen LogP contribution >= 0.6 is 0 Å². The van der Waals surface area contributed by atoms with E-state index >= 15 is 0 Å². The zero-order valence-electron chi connectivity index (χ0n) is 12.6. The molecule has 0 aromatic heterocycles. The fourth-order valence-corrected chi connectivity index (χ4v) is 2.59. The van der Waals surface area contributed by atoms with Crippen molar-refractivity contribution in [3.05, 3.63) is 71.3 Å². The molecule has 2 N–H and O–H groups in total. The Morgan fingerprint density at radius 3 is 2.52 bits per heavy atom. The molecule has 1 aliphatic rings. The second-order valence-corrected chi connectivity index (χ2v) is 5.46. The van der Waals surface area contributed by atoms with Crippen LogP contribution < -0.4 is 10.6 Å². The predicted molar refractivity (Wildman–Crippen MR) is 85.5 cm³/mol. The second kappa shape index (κ2) is 7.07. The van der Waals surface area contributed by atoms with Gasteiger partial charge >= 0.3 is 6.09 Å². The minimum atomic E-state index is -0.723. The van der Waals surface area contributed by atoms with E-state index in [4.69, 9.17) is 4.74 Å². The van der Waals surface area contributed by atoms with Crippen molar-refractivity contribution in [3.8, 4) is 0 Å². The molecule has 1 atom stereocenters. The van der Waals surface area contributed by atoms with Gasteiger partial charge in [-0.05, 0) is 23.1 Å². The molecule has 0 radical (unpaired) electrons. The molecule has 0 saturated heterocycles. The Kier molecular flexibility index (Phi) is 4.68. The summed E-state index contributed by atoms with van der Waals surface area (Å²) in [5, 5.41) is 5.42. The number of hydrogen-bond acceptors (Lipinski definition) is 4. The summed E-state index contributed by atoms with van der Waals surface area (Å²) >= 11 is 0. The van der Waals surface area contributed by atoms with Crippen LogP contribution in [0.2, 0.25) is 0 Å². The molecule has 3 rings (SSSR count). The van der Waals surface area contributed by atoms with Crippen molar-refractivity contribution < 1.29 is 14.3 Å². The Hall–Kier alpha value is -2.66. The minimum absolute atomic E-state index is 0.140. The molecule has 0 aliphatic carbocycles. The maximum Gasteiger partial charge on any atom is 0.414 e. The fraction of sp³-hybridized carbons (Fsp3) is 0.222. The molecule has 1 heterocycles. The third-order valence-electron chi connectivity index (χ3n) is 3.84. The summed E-state index contributed by atoms with van der Waals surface area (Å²) in [7, 11) is 0. The minimum Gasteiger partial charge on any atom is -0.444 e. The predicted octanol–water partition coefficient (Wildman–Crippen LogP) is 2.15. The Morgan fingerprint density at radius 1 is 1.04 bits per heavy atom. The molecule has 0 bridgehead atoms. The normalized spacial score (nSPS) is 16.3. The molecule has 2 aromatic rings. The standard InChI is InChI=1S/C18H18N2O3/c21-17(16-10-14-8-4-5-9-15(14)11-19-16)20-18(22)23-12-13-6-2-1-3-7-13/h1-9,16,19H,10-12H2,(H,20,21,22). The van der Waals surface area contributed by atoms with Gasteiger partial charge < -0.3 is 10.1 Å². The lowest BCUT2D eigenvalue weighted by Gasteiger charge is -2.24. The van der Waals surface area contributed by atoms with Crippen molar-refractivity contribution in [1.29, 1.82) is 0 Å². The first-order valence-electron chi connectivity index (χ1n) is 7.54. The Bertz CT molecular complexity index is 700. The molecule has 118 valence electrons. The molecule has 0 fully saturated rings. The fourth-order valence-electron chi connectivity index (χ4n) is 2.59. The van der Waals surface area contributed by atoms with Crippen molar-refractivity contribution in [2.45, 2.75) is 25.6 Å². The van der Waals surface area contributed by atoms with Crippen LogP contribution in [0.5, 0.6) is 0 Å². The van der Waals surface area contributed by atoms with Gasteiger partial charge in [0.1, 0.15) is 6.61 Å². The van der Waals surface area contributed by atoms with Crippen molar-refractivity contribution in [2.24, 2.45) is 0 Å². The highest BCUT2D eigenvalue weighted by molar-refractivity contribution is 5.95. The number of carbonyl (C=O) groups excluding carboxylic acids is 2. The van der Waals surface area contributed by atoms with E-state index < -0.39 is 12.1 Å². The lowest BCUT2D eigenvalue weighted by Crippen LogP contribution is -2.49. The average molecular weight is 310 g/mol. The number of nitrogens with one attached hydrogen (secondary N) is 2. The molecule has 2 amide bonds. The molecule has 0 spiro atoms. The molecular formula is C18H18N2O3. The summed E-state index contributed by atoms with van der Waals surface area (Å²) in [4.78, 5) is 23.9. The summed E-state index contributed by atoms with van der Waals surface area (Å²) < 4.78 is 5.06. The van der Waals surface area contributed by atoms with Crippen molar-refractivity contribution >= 4 is 12.0 Å². The third kappa shape index (κ3) is 3.96. The summed E-state index contributed by atoms with van der Waals surface area (Å²) in [5.74, 6) is -0.363. The number of carbonyl (C=O) groups is 2. The van der Waals surface area contributed by atoms with Gasteiger partial charge in [-0.3, -0.25) is 10.1 Å². The van der Waals surface area contributed by atoms with Crippen LogP contribution in [0.25, 0.3) is 0 Å². The second-order valence-electron chi connectivity index (χ2n) is 5.46. The van der Waals surface area contributed by atoms with Gasteiger partial charge in [0.15, 0.2) is 0 Å². The smallest absolute Gasteiger partial charge is 0.414 e. The Morgan fingerprint density at radius 2 is 1.74 bits per heavy atom. The average Bonchev–Trinajstić information content (AvgIpc) is 2.60. The summed E-state index contributed by atoms with van der Waals surface area (Å²) in [5.41, 5.74) is 3.19. The lowest BCUT2D eigenvalue weighted by molar-refractivity contribution is -0.122. The molecular weight excluding hydrogens is 292 g/mol. The van der Waals surface area contributed by atoms with Gasteiger partial charge in [-0.25, -0.2) is 4.79 Å². The summed E-state index contributed by atoms with van der Waals surface area (Å²) in [6.45, 7) is 0.758. The maximum absolute atomic E-state index is 12.2. The molecule has 0 saturated carbocycles. The number of alkyl carbamates (subject to hydrolysis) is 1. The van der Waals surface area contributed by atoms with Crippen LogP contribution in [0.3, 0.4) is 0 Å². The summed E-state index contributed by atoms with van der Waals surface area (Å²) in [6.07, 6.45) is -0.159. The number of amides is 2. The van der Waals surface area contributed by atoms with E-state index in [9.17, 15) is 9.59 Å². The zero-order valence-corrected chi connectivity index (χ0v) is 12.6. The van der Waals surface area contributed by atoms with E-state index in [1.165, 1.54) is 5.56 Å². The monoisotopic (exact) mass is 310 g/mol. The zero-order chi connectivity index (χ0) is 16.1. The molecule has 1 aliphatic heterocycles. The van der Waals surface area contributed by atoms with Crippen LogP contribution in [-0.2, 0) is 29.1 Å². The van der Waals surface area contributed by atoms with E-state index in [1.807, 2.05) is 54.6 Å². The molecule has 23 heavy (non-hydrogen) atoms. The van der Waals surface area contributed by atoms with Gasteiger partial charge in [-0.2, -0.15) is 0 Å². The number of hydrogen-bond donors (Lipinski definition) is 2. The SMILES string of the molecule is O=C(NC(=O)C1Cc2ccccc2CN1)OCc1ccccc1. The number of benzene rings is 2. The van der Waals surface area contributed by atoms with E-state index in [2.05, 4.69) is 10.6 Å². The van der Waals surface area contributed by atoms with Crippen LogP contribution in [0, 0.1) is 0 Å². The van der Waals surface area contributed by atoms with Crippen molar-refractivity contribution in [2.75, 3.05) is 0 Å². The first kappa shape index (κ1) is 15.2. The molecule has 1 unspecified atom stereocenters. The lowest BCUT2D eigenvalue weighted by atomic mass is 9.95. The molecule has 2 aromatic carbocycles. The van der Waals surface area contributed by atoms with Gasteiger partial charge in [0.25, 0.3) is 0 Å². The van der Waals surface area contributed by atoms with Crippen LogP contribution in [0.15, 0.2) is 54.6 Å². The maximum atomic E-state index is 12.2. The van der Waals surface area contributed by atoms with Gasteiger partial charge in [0.05, 0.1) is 6.04 Å². The molecule has 5 heteroatoms. The highest BCUT2D eigenvalue weighted by atomic mass is 16.5. The van der Waals surface area contributed by atoms with Crippen molar-refractivity contribution in [1.82, 2.24) is 10.6 Å². The first-order chi connectivity index (χ1) is 11.2. The van der Waals surface area contributed by atoms with E-state index in [-0.39, 0.29) is 12.5 Å². The van der Waals surface area contributed by atoms with Crippen molar-refractivity contribution in [3.63, 3.8) is 0 Å². The van der Waals surface area contributed by atoms with E-state index in [0.29, 0.717) is 13.0 Å². The van der Waals surface area contributed by atoms with Crippen LogP contribution in [-0.4, -0.2) is 18.0 Å². The van der Waals surface area contributed by atoms with Gasteiger partial charge in [0, 0.05) is 6.54 Å². The Balaban J connectivity index is 1.50. The quantitative estimate of drug-likeness (QED) is 0.911. The number of imide groups is 1. The molecule has 5 nitrogen and oxygen atoms in total. The highest BCUT2D eigenvalue weighted by Gasteiger charge is 2.25. The third-order valence-corrected chi connectivity index (χ3v) is 3.84. The largest absolute Gasteiger partial charge is 0.444 e. The summed E-state index contributed by atoms with van der Waals surface area (Å²) in [6, 6.07) is 16.9. The van der Waals surface area contributed by atoms with Crippen LogP contribution in [0.4, 0.5) is 4.79 Å². The first-order valence-corrected chi connectivity index (χ1v) is 7.54. The number of fused-ring (bicyclic) bond motifs is 1. The Labute approximate surface area is 134 Å².